The van der Waals surface area contributed by atoms with Crippen molar-refractivity contribution in [3.8, 4) is 5.75 Å². The monoisotopic (exact) mass is 369 g/mol. The van der Waals surface area contributed by atoms with E-state index in [-0.39, 0.29) is 6.17 Å². The smallest absolute Gasteiger partial charge is 0.128 e. The molecule has 0 saturated carbocycles. The van der Waals surface area contributed by atoms with Crippen LogP contribution in [0.2, 0.25) is 0 Å². The summed E-state index contributed by atoms with van der Waals surface area (Å²) in [4.78, 5) is 0. The van der Waals surface area contributed by atoms with Crippen LogP contribution >= 0.6 is 23.9 Å². The zero-order chi connectivity index (χ0) is 17.1. The van der Waals surface area contributed by atoms with E-state index in [1.165, 1.54) is 0 Å². The normalized spacial score (nSPS) is 21.5. The molecule has 0 aliphatic carbocycles. The largest absolute Gasteiger partial charge is 0.756 e. The first-order valence-electron chi connectivity index (χ1n) is 8.07. The molecule has 1 atom stereocenters. The summed E-state index contributed by atoms with van der Waals surface area (Å²) in [5.74, 6) is 1.58. The first-order valence-corrected chi connectivity index (χ1v) is 9.14. The molecule has 0 N–H and O–H groups in total. The third kappa shape index (κ3) is 3.69. The Morgan fingerprint density at radius 2 is 2.04 bits per heavy atom. The molecular formula is C16H22ClN4O2S-. The van der Waals surface area contributed by atoms with Gasteiger partial charge >= 0.3 is 0 Å². The number of nitrogens with zero attached hydrogens (tertiary/aromatic N) is 4. The second-order valence-electron chi connectivity index (χ2n) is 5.88. The van der Waals surface area contributed by atoms with Crippen molar-refractivity contribution in [1.82, 2.24) is 18.1 Å². The van der Waals surface area contributed by atoms with E-state index in [0.29, 0.717) is 19.0 Å². The molecule has 1 aromatic carbocycles. The van der Waals surface area contributed by atoms with Crippen molar-refractivity contribution in [2.24, 2.45) is 0 Å². The predicted molar refractivity (Wildman–Crippen MR) is 97.5 cm³/mol. The Labute approximate surface area is 152 Å². The molecule has 0 spiro atoms. The van der Waals surface area contributed by atoms with Gasteiger partial charge in [-0.1, -0.05) is 18.2 Å². The maximum atomic E-state index is 12.4. The molecule has 0 amide bonds. The van der Waals surface area contributed by atoms with Gasteiger partial charge < -0.3 is 15.0 Å². The fraction of sp³-hybridized carbons (Fsp3) is 0.500. The number of likely N-dealkylation sites (N-methyl/N-ethyl adjacent to an activating group) is 1. The molecule has 0 fully saturated rings. The number of hydrogen-bond donors (Lipinski definition) is 0. The molecule has 0 aromatic heterocycles. The molecule has 6 nitrogen and oxygen atoms in total. The third-order valence-electron chi connectivity index (χ3n) is 4.01. The summed E-state index contributed by atoms with van der Waals surface area (Å²) in [6, 6.07) is 9.81. The lowest BCUT2D eigenvalue weighted by Gasteiger charge is -2.40. The lowest BCUT2D eigenvalue weighted by molar-refractivity contribution is 0.257. The lowest BCUT2D eigenvalue weighted by atomic mass is 10.3. The van der Waals surface area contributed by atoms with Crippen molar-refractivity contribution in [2.75, 3.05) is 26.7 Å². The lowest BCUT2D eigenvalue weighted by Crippen LogP contribution is -2.35. The number of hydroxylamine groups is 2. The summed E-state index contributed by atoms with van der Waals surface area (Å²) in [5, 5.41) is 13.4. The fourth-order valence-corrected chi connectivity index (χ4v) is 3.97. The topological polar surface area (TPSA) is 45.3 Å². The van der Waals surface area contributed by atoms with Crippen LogP contribution in [0.25, 0.3) is 0 Å². The average Bonchev–Trinajstić information content (AvgIpc) is 2.80. The van der Waals surface area contributed by atoms with Crippen molar-refractivity contribution in [3.63, 3.8) is 0 Å². The minimum Gasteiger partial charge on any atom is -0.756 e. The second-order valence-corrected chi connectivity index (χ2v) is 7.47. The molecule has 0 radical (unpaired) electrons. The summed E-state index contributed by atoms with van der Waals surface area (Å²) in [5.41, 5.74) is 0.876. The van der Waals surface area contributed by atoms with Gasteiger partial charge in [-0.15, -0.1) is 0 Å². The molecule has 1 unspecified atom stereocenters. The van der Waals surface area contributed by atoms with Gasteiger partial charge in [0.2, 0.25) is 0 Å². The van der Waals surface area contributed by atoms with Crippen LogP contribution in [0.1, 0.15) is 19.8 Å². The van der Waals surface area contributed by atoms with E-state index in [1.54, 1.807) is 16.6 Å². The van der Waals surface area contributed by atoms with Gasteiger partial charge in [-0.3, -0.25) is 8.72 Å². The first kappa shape index (κ1) is 17.5. The van der Waals surface area contributed by atoms with E-state index >= 15 is 0 Å². The zero-order valence-electron chi connectivity index (χ0n) is 13.9. The van der Waals surface area contributed by atoms with Gasteiger partial charge in [0.1, 0.15) is 17.7 Å². The summed E-state index contributed by atoms with van der Waals surface area (Å²) in [7, 11) is 2.00. The molecular weight excluding hydrogens is 348 g/mol. The maximum absolute atomic E-state index is 12.4. The Kier molecular flexibility index (Phi) is 5.65. The van der Waals surface area contributed by atoms with E-state index < -0.39 is 0 Å². The molecule has 132 valence electrons. The van der Waals surface area contributed by atoms with Gasteiger partial charge in [-0.2, -0.15) is 0 Å². The van der Waals surface area contributed by atoms with E-state index in [9.17, 15) is 5.21 Å². The van der Waals surface area contributed by atoms with Gasteiger partial charge in [-0.25, -0.2) is 4.31 Å². The van der Waals surface area contributed by atoms with E-state index in [4.69, 9.17) is 16.5 Å². The van der Waals surface area contributed by atoms with Crippen LogP contribution in [-0.4, -0.2) is 51.0 Å². The number of halogens is 1. The molecule has 3 rings (SSSR count). The number of para-hydroxylation sites is 1. The Bertz CT molecular complexity index is 589. The number of hydrogen-bond acceptors (Lipinski definition) is 7. The highest BCUT2D eigenvalue weighted by Crippen LogP contribution is 2.40. The third-order valence-corrected chi connectivity index (χ3v) is 5.45. The number of ether oxygens (including phenoxy) is 1. The van der Waals surface area contributed by atoms with Crippen LogP contribution in [0.15, 0.2) is 41.8 Å². The Morgan fingerprint density at radius 1 is 1.29 bits per heavy atom. The standard InChI is InChI=1S/C16H22ClN4O2S/c1-13-20(17)15-12-18(2)24-19(16(15)21(13)22)10-6-7-11-23-14-8-4-3-5-9-14/h3-5,8-9,13H,6-7,10-12H2,1-2H3/q-1. The number of unbranched alkanes of at least 4 members (excludes halogenated alkanes) is 1. The average molecular weight is 370 g/mol. The molecule has 0 bridgehead atoms. The van der Waals surface area contributed by atoms with Crippen LogP contribution in [-0.2, 0) is 0 Å². The SMILES string of the molecule is CC1N([O-])C2=C(CN(C)SN2CCCCOc2ccccc2)N1Cl. The van der Waals surface area contributed by atoms with Crippen molar-refractivity contribution in [2.45, 2.75) is 25.9 Å². The van der Waals surface area contributed by atoms with Crippen LogP contribution in [0, 0.1) is 5.21 Å². The maximum Gasteiger partial charge on any atom is 0.128 e. The summed E-state index contributed by atoms with van der Waals surface area (Å²) in [6.07, 6.45) is 1.50. The van der Waals surface area contributed by atoms with E-state index in [1.807, 2.05) is 48.6 Å². The molecule has 8 heteroatoms. The van der Waals surface area contributed by atoms with Gasteiger partial charge in [0, 0.05) is 30.5 Å². The highest BCUT2D eigenvalue weighted by molar-refractivity contribution is 7.94. The quantitative estimate of drug-likeness (QED) is 0.432. The summed E-state index contributed by atoms with van der Waals surface area (Å²) >= 11 is 7.83. The number of benzene rings is 1. The van der Waals surface area contributed by atoms with Crippen molar-refractivity contribution in [1.29, 1.82) is 0 Å². The van der Waals surface area contributed by atoms with Gasteiger partial charge in [0.15, 0.2) is 0 Å². The van der Waals surface area contributed by atoms with E-state index in [2.05, 4.69) is 4.31 Å². The molecule has 0 saturated heterocycles. The predicted octanol–water partition coefficient (Wildman–Crippen LogP) is 3.44. The number of rotatable bonds is 6. The van der Waals surface area contributed by atoms with Gasteiger partial charge in [-0.05, 0) is 38.9 Å². The van der Waals surface area contributed by atoms with Gasteiger partial charge in [0.05, 0.1) is 18.8 Å². The van der Waals surface area contributed by atoms with Crippen molar-refractivity contribution >= 4 is 23.9 Å². The first-order chi connectivity index (χ1) is 11.6. The second kappa shape index (κ2) is 7.74. The Hall–Kier alpha value is -1.28. The van der Waals surface area contributed by atoms with Crippen LogP contribution in [0.4, 0.5) is 0 Å². The van der Waals surface area contributed by atoms with Crippen LogP contribution in [0.5, 0.6) is 5.75 Å². The minimum absolute atomic E-state index is 0.368. The van der Waals surface area contributed by atoms with E-state index in [0.717, 1.165) is 35.9 Å². The molecule has 1 aromatic rings. The Morgan fingerprint density at radius 3 is 2.79 bits per heavy atom. The van der Waals surface area contributed by atoms with Gasteiger partial charge in [0.25, 0.3) is 0 Å². The fourth-order valence-electron chi connectivity index (χ4n) is 2.77. The Balaban J connectivity index is 1.51. The molecule has 24 heavy (non-hydrogen) atoms. The van der Waals surface area contributed by atoms with Crippen molar-refractivity contribution < 1.29 is 4.74 Å². The summed E-state index contributed by atoms with van der Waals surface area (Å²) < 4.78 is 11.4. The van der Waals surface area contributed by atoms with Crippen molar-refractivity contribution in [3.05, 3.63) is 47.1 Å². The highest BCUT2D eigenvalue weighted by atomic mass is 35.5. The summed E-state index contributed by atoms with van der Waals surface area (Å²) in [6.45, 7) is 3.93. The molecule has 2 aliphatic heterocycles. The highest BCUT2D eigenvalue weighted by Gasteiger charge is 2.37. The molecule has 2 aliphatic rings. The van der Waals surface area contributed by atoms with Crippen LogP contribution < -0.4 is 4.74 Å². The zero-order valence-corrected chi connectivity index (χ0v) is 15.5. The molecule has 2 heterocycles. The van der Waals surface area contributed by atoms with Crippen LogP contribution in [0.3, 0.4) is 0 Å². The minimum atomic E-state index is -0.368.